The molecule has 23 heavy (non-hydrogen) atoms. The summed E-state index contributed by atoms with van der Waals surface area (Å²) in [6, 6.07) is 6.47. The summed E-state index contributed by atoms with van der Waals surface area (Å²) in [6.45, 7) is 5.00. The average molecular weight is 312 g/mol. The Kier molecular flexibility index (Phi) is 3.70. The van der Waals surface area contributed by atoms with E-state index in [4.69, 9.17) is 4.42 Å². The number of piperidine rings is 1. The monoisotopic (exact) mass is 312 g/mol. The van der Waals surface area contributed by atoms with Gasteiger partial charge in [-0.2, -0.15) is 9.61 Å². The number of nitrogens with zero attached hydrogens (tertiary/aromatic N) is 5. The molecule has 1 fully saturated rings. The Morgan fingerprint density at radius 2 is 2.22 bits per heavy atom. The second kappa shape index (κ2) is 6.00. The van der Waals surface area contributed by atoms with Crippen LogP contribution in [0, 0.1) is 6.92 Å². The van der Waals surface area contributed by atoms with Crippen molar-refractivity contribution in [3.63, 3.8) is 0 Å². The minimum Gasteiger partial charge on any atom is -0.468 e. The van der Waals surface area contributed by atoms with Crippen LogP contribution in [0.25, 0.3) is 5.65 Å². The van der Waals surface area contributed by atoms with Gasteiger partial charge in [-0.3, -0.25) is 4.90 Å². The number of likely N-dealkylation sites (tertiary alicyclic amines) is 1. The maximum atomic E-state index is 5.43. The maximum Gasteiger partial charge on any atom is 0.200 e. The van der Waals surface area contributed by atoms with E-state index >= 15 is 0 Å². The van der Waals surface area contributed by atoms with Gasteiger partial charge in [0.05, 0.1) is 24.2 Å². The predicted molar refractivity (Wildman–Crippen MR) is 86.1 cm³/mol. The summed E-state index contributed by atoms with van der Waals surface area (Å²) < 4.78 is 7.15. The molecule has 120 valence electrons. The highest BCUT2D eigenvalue weighted by atomic mass is 16.3. The molecule has 0 bridgehead atoms. The van der Waals surface area contributed by atoms with E-state index in [9.17, 15) is 0 Å². The lowest BCUT2D eigenvalue weighted by Gasteiger charge is -2.32. The molecule has 0 unspecified atom stereocenters. The molecule has 3 aromatic heterocycles. The minimum atomic E-state index is 0.449. The zero-order valence-electron chi connectivity index (χ0n) is 13.1. The summed E-state index contributed by atoms with van der Waals surface area (Å²) in [5.41, 5.74) is 2.75. The van der Waals surface area contributed by atoms with Gasteiger partial charge in [-0.05, 0) is 38.0 Å². The molecule has 0 atom stereocenters. The standard InChI is InChI=1S/C16H20N6O/c1-12-9-15(16-19-17-11-22(16)20-12)18-13-4-6-21(7-5-13)10-14-3-2-8-23-14/h2-3,8-9,11,13,18H,4-7,10H2,1H3. The van der Waals surface area contributed by atoms with Crippen molar-refractivity contribution in [2.75, 3.05) is 18.4 Å². The highest BCUT2D eigenvalue weighted by molar-refractivity contribution is 5.66. The Balaban J connectivity index is 1.39. The number of fused-ring (bicyclic) bond motifs is 1. The van der Waals surface area contributed by atoms with Crippen molar-refractivity contribution < 1.29 is 4.42 Å². The number of anilines is 1. The molecular formula is C16H20N6O. The first-order chi connectivity index (χ1) is 11.3. The van der Waals surface area contributed by atoms with E-state index < -0.39 is 0 Å². The quantitative estimate of drug-likeness (QED) is 0.795. The third-order valence-corrected chi connectivity index (χ3v) is 4.30. The summed E-state index contributed by atoms with van der Waals surface area (Å²) in [6.07, 6.45) is 5.57. The van der Waals surface area contributed by atoms with Crippen LogP contribution >= 0.6 is 0 Å². The number of hydrogen-bond donors (Lipinski definition) is 1. The fourth-order valence-corrected chi connectivity index (χ4v) is 3.14. The fourth-order valence-electron chi connectivity index (χ4n) is 3.14. The van der Waals surface area contributed by atoms with Crippen molar-refractivity contribution in [2.45, 2.75) is 32.4 Å². The van der Waals surface area contributed by atoms with E-state index in [2.05, 4.69) is 25.5 Å². The molecule has 0 spiro atoms. The van der Waals surface area contributed by atoms with Crippen molar-refractivity contribution >= 4 is 11.3 Å². The van der Waals surface area contributed by atoms with Gasteiger partial charge in [-0.25, -0.2) is 0 Å². The number of hydrogen-bond acceptors (Lipinski definition) is 6. The molecule has 4 heterocycles. The predicted octanol–water partition coefficient (Wildman–Crippen LogP) is 2.10. The first-order valence-corrected chi connectivity index (χ1v) is 7.97. The largest absolute Gasteiger partial charge is 0.468 e. The van der Waals surface area contributed by atoms with Gasteiger partial charge < -0.3 is 9.73 Å². The van der Waals surface area contributed by atoms with Gasteiger partial charge in [-0.15, -0.1) is 10.2 Å². The second-order valence-corrected chi connectivity index (χ2v) is 6.07. The van der Waals surface area contributed by atoms with Crippen molar-refractivity contribution in [2.24, 2.45) is 0 Å². The smallest absolute Gasteiger partial charge is 0.200 e. The lowest BCUT2D eigenvalue weighted by Crippen LogP contribution is -2.38. The van der Waals surface area contributed by atoms with Gasteiger partial charge >= 0.3 is 0 Å². The molecule has 1 N–H and O–H groups in total. The van der Waals surface area contributed by atoms with Gasteiger partial charge in [0.15, 0.2) is 0 Å². The van der Waals surface area contributed by atoms with E-state index in [0.717, 1.165) is 55.3 Å². The first-order valence-electron chi connectivity index (χ1n) is 7.97. The Hall–Kier alpha value is -2.41. The molecule has 4 rings (SSSR count). The van der Waals surface area contributed by atoms with Gasteiger partial charge in [0.1, 0.15) is 12.1 Å². The van der Waals surface area contributed by atoms with Gasteiger partial charge in [0, 0.05) is 19.1 Å². The Labute approximate surface area is 134 Å². The molecule has 0 aromatic carbocycles. The lowest BCUT2D eigenvalue weighted by molar-refractivity contribution is 0.197. The van der Waals surface area contributed by atoms with Crippen molar-refractivity contribution in [3.8, 4) is 0 Å². The zero-order chi connectivity index (χ0) is 15.6. The molecule has 0 amide bonds. The van der Waals surface area contributed by atoms with Crippen LogP contribution < -0.4 is 5.32 Å². The van der Waals surface area contributed by atoms with Crippen LogP contribution in [0.15, 0.2) is 35.2 Å². The van der Waals surface area contributed by atoms with E-state index in [1.165, 1.54) is 0 Å². The third-order valence-electron chi connectivity index (χ3n) is 4.30. The van der Waals surface area contributed by atoms with Crippen LogP contribution in [0.4, 0.5) is 5.69 Å². The fraction of sp³-hybridized carbons (Fsp3) is 0.438. The Bertz CT molecular complexity index is 773. The number of furan rings is 1. The minimum absolute atomic E-state index is 0.449. The highest BCUT2D eigenvalue weighted by Crippen LogP contribution is 2.21. The van der Waals surface area contributed by atoms with Crippen LogP contribution in [0.3, 0.4) is 0 Å². The molecule has 0 aliphatic carbocycles. The van der Waals surface area contributed by atoms with E-state index in [1.54, 1.807) is 17.1 Å². The molecule has 0 radical (unpaired) electrons. The van der Waals surface area contributed by atoms with Gasteiger partial charge in [0.25, 0.3) is 0 Å². The van der Waals surface area contributed by atoms with E-state index in [0.29, 0.717) is 6.04 Å². The van der Waals surface area contributed by atoms with E-state index in [1.807, 2.05) is 25.1 Å². The topological polar surface area (TPSA) is 71.5 Å². The van der Waals surface area contributed by atoms with Crippen molar-refractivity contribution in [3.05, 3.63) is 42.2 Å². The molecular weight excluding hydrogens is 292 g/mol. The summed E-state index contributed by atoms with van der Waals surface area (Å²) in [7, 11) is 0. The lowest BCUT2D eigenvalue weighted by atomic mass is 10.0. The van der Waals surface area contributed by atoms with Gasteiger partial charge in [0.2, 0.25) is 5.65 Å². The molecule has 1 aliphatic heterocycles. The summed E-state index contributed by atoms with van der Waals surface area (Å²) >= 11 is 0. The van der Waals surface area contributed by atoms with Crippen LogP contribution in [-0.4, -0.2) is 43.8 Å². The van der Waals surface area contributed by atoms with Crippen LogP contribution in [0.1, 0.15) is 24.3 Å². The van der Waals surface area contributed by atoms with Crippen molar-refractivity contribution in [1.82, 2.24) is 24.7 Å². The molecule has 0 saturated carbocycles. The normalized spacial score (nSPS) is 16.9. The number of aryl methyl sites for hydroxylation is 1. The molecule has 1 aliphatic rings. The van der Waals surface area contributed by atoms with Crippen LogP contribution in [0.2, 0.25) is 0 Å². The van der Waals surface area contributed by atoms with Crippen molar-refractivity contribution in [1.29, 1.82) is 0 Å². The number of nitrogens with one attached hydrogen (secondary N) is 1. The summed E-state index contributed by atoms with van der Waals surface area (Å²) in [5, 5.41) is 16.1. The Morgan fingerprint density at radius 1 is 1.35 bits per heavy atom. The SMILES string of the molecule is Cc1cc(NC2CCN(Cc3ccco3)CC2)c2nncn2n1. The first kappa shape index (κ1) is 14.2. The number of rotatable bonds is 4. The average Bonchev–Trinajstić information content (AvgIpc) is 3.20. The Morgan fingerprint density at radius 3 is 3.00 bits per heavy atom. The highest BCUT2D eigenvalue weighted by Gasteiger charge is 2.21. The molecule has 7 heteroatoms. The van der Waals surface area contributed by atoms with Crippen LogP contribution in [-0.2, 0) is 6.54 Å². The molecule has 3 aromatic rings. The molecule has 1 saturated heterocycles. The van der Waals surface area contributed by atoms with Crippen LogP contribution in [0.5, 0.6) is 0 Å². The second-order valence-electron chi connectivity index (χ2n) is 6.07. The summed E-state index contributed by atoms with van der Waals surface area (Å²) in [4.78, 5) is 2.43. The van der Waals surface area contributed by atoms with Gasteiger partial charge in [-0.1, -0.05) is 0 Å². The number of aromatic nitrogens is 4. The zero-order valence-corrected chi connectivity index (χ0v) is 13.1. The van der Waals surface area contributed by atoms with E-state index in [-0.39, 0.29) is 0 Å². The molecule has 7 nitrogen and oxygen atoms in total. The summed E-state index contributed by atoms with van der Waals surface area (Å²) in [5.74, 6) is 1.03. The maximum absolute atomic E-state index is 5.43. The third kappa shape index (κ3) is 3.05.